The minimum Gasteiger partial charge on any atom is -0.311 e. The van der Waals surface area contributed by atoms with E-state index in [1.165, 1.54) is 70.8 Å². The highest BCUT2D eigenvalue weighted by Crippen LogP contribution is 2.25. The summed E-state index contributed by atoms with van der Waals surface area (Å²) in [5, 5.41) is 3.89. The van der Waals surface area contributed by atoms with Crippen LogP contribution in [0.15, 0.2) is 0 Å². The van der Waals surface area contributed by atoms with E-state index >= 15 is 0 Å². The van der Waals surface area contributed by atoms with Gasteiger partial charge in [0.2, 0.25) is 0 Å². The summed E-state index contributed by atoms with van der Waals surface area (Å²) in [6.07, 6.45) is 13.4. The topological polar surface area (TPSA) is 12.0 Å². The van der Waals surface area contributed by atoms with E-state index in [4.69, 9.17) is 0 Å². The lowest BCUT2D eigenvalue weighted by Crippen LogP contribution is -2.45. The van der Waals surface area contributed by atoms with Crippen molar-refractivity contribution in [1.82, 2.24) is 5.32 Å². The van der Waals surface area contributed by atoms with Crippen molar-refractivity contribution in [2.24, 2.45) is 0 Å². The molecule has 17 heavy (non-hydrogen) atoms. The second-order valence-corrected chi connectivity index (χ2v) is 5.52. The van der Waals surface area contributed by atoms with Gasteiger partial charge in [-0.25, -0.2) is 0 Å². The Hall–Kier alpha value is -0.0400. The molecule has 0 saturated carbocycles. The standard InChI is InChI=1S/C16H35N/c1-5-9-10-11-15-17-16(12-6-2,13-7-3)14-8-4/h17H,5-15H2,1-4H3. The third-order valence-corrected chi connectivity index (χ3v) is 3.72. The summed E-state index contributed by atoms with van der Waals surface area (Å²) >= 11 is 0. The molecule has 0 heterocycles. The quantitative estimate of drug-likeness (QED) is 0.457. The highest BCUT2D eigenvalue weighted by atomic mass is 15.0. The van der Waals surface area contributed by atoms with E-state index in [2.05, 4.69) is 33.0 Å². The van der Waals surface area contributed by atoms with Crippen LogP contribution < -0.4 is 5.32 Å². The van der Waals surface area contributed by atoms with Crippen molar-refractivity contribution in [3.63, 3.8) is 0 Å². The molecule has 0 atom stereocenters. The summed E-state index contributed by atoms with van der Waals surface area (Å²) in [5.74, 6) is 0. The van der Waals surface area contributed by atoms with Gasteiger partial charge >= 0.3 is 0 Å². The van der Waals surface area contributed by atoms with E-state index in [1.54, 1.807) is 0 Å². The van der Waals surface area contributed by atoms with Gasteiger partial charge in [-0.15, -0.1) is 0 Å². The van der Waals surface area contributed by atoms with Gasteiger partial charge in [0, 0.05) is 5.54 Å². The Morgan fingerprint density at radius 2 is 1.18 bits per heavy atom. The fraction of sp³-hybridized carbons (Fsp3) is 1.00. The number of unbranched alkanes of at least 4 members (excludes halogenated alkanes) is 3. The van der Waals surface area contributed by atoms with Crippen LogP contribution in [0, 0.1) is 0 Å². The maximum absolute atomic E-state index is 3.89. The van der Waals surface area contributed by atoms with Crippen LogP contribution in [0.4, 0.5) is 0 Å². The Labute approximate surface area is 110 Å². The Kier molecular flexibility index (Phi) is 11.0. The lowest BCUT2D eigenvalue weighted by atomic mass is 9.84. The van der Waals surface area contributed by atoms with Crippen molar-refractivity contribution in [2.75, 3.05) is 6.54 Å². The monoisotopic (exact) mass is 241 g/mol. The first-order chi connectivity index (χ1) is 8.24. The van der Waals surface area contributed by atoms with Crippen LogP contribution in [0.25, 0.3) is 0 Å². The Bertz CT molecular complexity index is 137. The van der Waals surface area contributed by atoms with Crippen molar-refractivity contribution < 1.29 is 0 Å². The highest BCUT2D eigenvalue weighted by molar-refractivity contribution is 4.86. The van der Waals surface area contributed by atoms with Gasteiger partial charge in [0.05, 0.1) is 0 Å². The fourth-order valence-corrected chi connectivity index (χ4v) is 2.98. The van der Waals surface area contributed by atoms with Gasteiger partial charge in [0.15, 0.2) is 0 Å². The van der Waals surface area contributed by atoms with Gasteiger partial charge in [-0.3, -0.25) is 0 Å². The molecule has 0 spiro atoms. The molecule has 1 heteroatoms. The van der Waals surface area contributed by atoms with Gasteiger partial charge in [0.1, 0.15) is 0 Å². The molecule has 0 rings (SSSR count). The first-order valence-corrected chi connectivity index (χ1v) is 7.99. The summed E-state index contributed by atoms with van der Waals surface area (Å²) in [6, 6.07) is 0. The highest BCUT2D eigenvalue weighted by Gasteiger charge is 2.25. The van der Waals surface area contributed by atoms with Crippen LogP contribution in [-0.4, -0.2) is 12.1 Å². The molecule has 0 unspecified atom stereocenters. The molecule has 1 nitrogen and oxygen atoms in total. The van der Waals surface area contributed by atoms with Crippen LogP contribution >= 0.6 is 0 Å². The Morgan fingerprint density at radius 1 is 0.647 bits per heavy atom. The summed E-state index contributed by atoms with van der Waals surface area (Å²) in [6.45, 7) is 10.5. The minimum atomic E-state index is 0.449. The average Bonchev–Trinajstić information content (AvgIpc) is 2.30. The second-order valence-electron chi connectivity index (χ2n) is 5.52. The van der Waals surface area contributed by atoms with E-state index < -0.39 is 0 Å². The largest absolute Gasteiger partial charge is 0.311 e. The average molecular weight is 241 g/mol. The van der Waals surface area contributed by atoms with Crippen molar-refractivity contribution in [1.29, 1.82) is 0 Å². The van der Waals surface area contributed by atoms with Gasteiger partial charge < -0.3 is 5.32 Å². The predicted octanol–water partition coefficient (Wildman–Crippen LogP) is 5.30. The molecule has 0 amide bonds. The predicted molar refractivity (Wildman–Crippen MR) is 79.6 cm³/mol. The zero-order chi connectivity index (χ0) is 13.0. The SMILES string of the molecule is CCCCCCNC(CCC)(CCC)CCC. The van der Waals surface area contributed by atoms with Gasteiger partial charge in [-0.05, 0) is 32.2 Å². The van der Waals surface area contributed by atoms with Gasteiger partial charge in [-0.2, -0.15) is 0 Å². The molecular formula is C16H35N. The number of nitrogens with one attached hydrogen (secondary N) is 1. The van der Waals surface area contributed by atoms with E-state index in [9.17, 15) is 0 Å². The summed E-state index contributed by atoms with van der Waals surface area (Å²) < 4.78 is 0. The van der Waals surface area contributed by atoms with Crippen LogP contribution in [0.3, 0.4) is 0 Å². The van der Waals surface area contributed by atoms with E-state index in [-0.39, 0.29) is 0 Å². The van der Waals surface area contributed by atoms with Crippen LogP contribution in [0.2, 0.25) is 0 Å². The molecule has 0 fully saturated rings. The molecule has 0 aromatic heterocycles. The Morgan fingerprint density at radius 3 is 1.59 bits per heavy atom. The maximum atomic E-state index is 3.89. The molecule has 0 aromatic rings. The van der Waals surface area contributed by atoms with E-state index in [0.717, 1.165) is 0 Å². The van der Waals surface area contributed by atoms with Crippen molar-refractivity contribution in [3.8, 4) is 0 Å². The lowest BCUT2D eigenvalue weighted by Gasteiger charge is -2.35. The summed E-state index contributed by atoms with van der Waals surface area (Å²) in [7, 11) is 0. The van der Waals surface area contributed by atoms with E-state index in [1.807, 2.05) is 0 Å². The molecule has 0 bridgehead atoms. The van der Waals surface area contributed by atoms with Crippen molar-refractivity contribution in [2.45, 2.75) is 97.4 Å². The zero-order valence-corrected chi connectivity index (χ0v) is 12.8. The second kappa shape index (κ2) is 11.1. The van der Waals surface area contributed by atoms with Crippen LogP contribution in [0.1, 0.15) is 91.9 Å². The third-order valence-electron chi connectivity index (χ3n) is 3.72. The number of rotatable bonds is 12. The van der Waals surface area contributed by atoms with Crippen molar-refractivity contribution in [3.05, 3.63) is 0 Å². The molecular weight excluding hydrogens is 206 g/mol. The molecule has 1 N–H and O–H groups in total. The lowest BCUT2D eigenvalue weighted by molar-refractivity contribution is 0.252. The zero-order valence-electron chi connectivity index (χ0n) is 12.8. The van der Waals surface area contributed by atoms with Crippen LogP contribution in [0.5, 0.6) is 0 Å². The van der Waals surface area contributed by atoms with Gasteiger partial charge in [-0.1, -0.05) is 66.2 Å². The summed E-state index contributed by atoms with van der Waals surface area (Å²) in [4.78, 5) is 0. The molecule has 0 aliphatic carbocycles. The molecule has 0 saturated heterocycles. The fourth-order valence-electron chi connectivity index (χ4n) is 2.98. The first kappa shape index (κ1) is 17.0. The molecule has 0 aliphatic rings. The normalized spacial score (nSPS) is 12.0. The maximum Gasteiger partial charge on any atom is 0.0181 e. The Balaban J connectivity index is 4.05. The third kappa shape index (κ3) is 7.81. The van der Waals surface area contributed by atoms with Gasteiger partial charge in [0.25, 0.3) is 0 Å². The van der Waals surface area contributed by atoms with Crippen LogP contribution in [-0.2, 0) is 0 Å². The molecule has 0 aromatic carbocycles. The molecule has 104 valence electrons. The molecule has 0 radical (unpaired) electrons. The minimum absolute atomic E-state index is 0.449. The number of hydrogen-bond donors (Lipinski definition) is 1. The van der Waals surface area contributed by atoms with Crippen molar-refractivity contribution >= 4 is 0 Å². The molecule has 0 aliphatic heterocycles. The first-order valence-electron chi connectivity index (χ1n) is 7.99. The number of hydrogen-bond acceptors (Lipinski definition) is 1. The van der Waals surface area contributed by atoms with E-state index in [0.29, 0.717) is 5.54 Å². The summed E-state index contributed by atoms with van der Waals surface area (Å²) in [5.41, 5.74) is 0.449. The smallest absolute Gasteiger partial charge is 0.0181 e.